The smallest absolute Gasteiger partial charge is 0.106 e. The van der Waals surface area contributed by atoms with E-state index in [-0.39, 0.29) is 0 Å². The van der Waals surface area contributed by atoms with Gasteiger partial charge in [0.05, 0.1) is 0 Å². The molecule has 0 bridgehead atoms. The van der Waals surface area contributed by atoms with Gasteiger partial charge in [0, 0.05) is 30.0 Å². The Kier molecular flexibility index (Phi) is 3.47. The Bertz CT molecular complexity index is 732. The molecule has 0 spiro atoms. The number of aliphatic hydroxyl groups excluding tert-OH is 1. The third-order valence-corrected chi connectivity index (χ3v) is 4.49. The molecule has 20 heavy (non-hydrogen) atoms. The molecule has 3 heteroatoms. The second-order valence-electron chi connectivity index (χ2n) is 5.08. The number of aliphatic hydroxyl groups is 1. The number of fused-ring (bicyclic) bond motifs is 1. The average Bonchev–Trinajstić information content (AvgIpc) is 2.95. The van der Waals surface area contributed by atoms with Crippen LogP contribution in [0.4, 0.5) is 5.69 Å². The summed E-state index contributed by atoms with van der Waals surface area (Å²) in [4.78, 5) is 2.04. The SMILES string of the molecule is CN(C)c1cccc(C(O)c2cccc3ccsc23)c1. The standard InChI is InChI=1S/C17H17NOS/c1-18(2)14-7-3-6-13(11-14)16(19)15-8-4-5-12-9-10-20-17(12)15/h3-11,16,19H,1-2H3. The van der Waals surface area contributed by atoms with Gasteiger partial charge in [0.15, 0.2) is 0 Å². The second kappa shape index (κ2) is 5.27. The van der Waals surface area contributed by atoms with Gasteiger partial charge in [-0.2, -0.15) is 0 Å². The molecular weight excluding hydrogens is 266 g/mol. The van der Waals surface area contributed by atoms with Gasteiger partial charge in [-0.25, -0.2) is 0 Å². The molecule has 1 aromatic heterocycles. The van der Waals surface area contributed by atoms with Crippen LogP contribution in [0.15, 0.2) is 53.9 Å². The molecule has 3 rings (SSSR count). The normalized spacial score (nSPS) is 12.6. The molecule has 0 amide bonds. The van der Waals surface area contributed by atoms with E-state index in [2.05, 4.69) is 17.5 Å². The first-order chi connectivity index (χ1) is 9.66. The van der Waals surface area contributed by atoms with Crippen LogP contribution in [0.1, 0.15) is 17.2 Å². The Balaban J connectivity index is 2.06. The van der Waals surface area contributed by atoms with E-state index in [0.717, 1.165) is 21.5 Å². The largest absolute Gasteiger partial charge is 0.384 e. The van der Waals surface area contributed by atoms with Gasteiger partial charge in [-0.05, 0) is 34.5 Å². The lowest BCUT2D eigenvalue weighted by Crippen LogP contribution is -2.09. The van der Waals surface area contributed by atoms with Crippen molar-refractivity contribution in [3.63, 3.8) is 0 Å². The van der Waals surface area contributed by atoms with Crippen molar-refractivity contribution in [1.82, 2.24) is 0 Å². The Morgan fingerprint density at radius 1 is 1.05 bits per heavy atom. The molecule has 2 aromatic carbocycles. The van der Waals surface area contributed by atoms with E-state index in [1.165, 1.54) is 5.39 Å². The topological polar surface area (TPSA) is 23.5 Å². The number of benzene rings is 2. The third-order valence-electron chi connectivity index (χ3n) is 3.51. The summed E-state index contributed by atoms with van der Waals surface area (Å²) in [6.07, 6.45) is -0.586. The van der Waals surface area contributed by atoms with Gasteiger partial charge in [0.25, 0.3) is 0 Å². The molecular formula is C17H17NOS. The van der Waals surface area contributed by atoms with Crippen molar-refractivity contribution in [3.05, 3.63) is 65.0 Å². The van der Waals surface area contributed by atoms with Crippen LogP contribution in [0.3, 0.4) is 0 Å². The zero-order chi connectivity index (χ0) is 14.1. The van der Waals surface area contributed by atoms with Crippen LogP contribution in [-0.4, -0.2) is 19.2 Å². The Hall–Kier alpha value is -1.84. The minimum absolute atomic E-state index is 0.586. The summed E-state index contributed by atoms with van der Waals surface area (Å²) in [6.45, 7) is 0. The molecule has 1 N–H and O–H groups in total. The van der Waals surface area contributed by atoms with Gasteiger partial charge in [0.1, 0.15) is 6.10 Å². The van der Waals surface area contributed by atoms with Crippen LogP contribution >= 0.6 is 11.3 Å². The van der Waals surface area contributed by atoms with Crippen LogP contribution in [0.2, 0.25) is 0 Å². The average molecular weight is 283 g/mol. The molecule has 0 saturated carbocycles. The molecule has 2 nitrogen and oxygen atoms in total. The molecule has 0 radical (unpaired) electrons. The monoisotopic (exact) mass is 283 g/mol. The highest BCUT2D eigenvalue weighted by molar-refractivity contribution is 7.17. The van der Waals surface area contributed by atoms with Crippen molar-refractivity contribution >= 4 is 27.1 Å². The quantitative estimate of drug-likeness (QED) is 0.784. The Morgan fingerprint density at radius 2 is 1.85 bits per heavy atom. The van der Waals surface area contributed by atoms with Crippen molar-refractivity contribution in [2.75, 3.05) is 19.0 Å². The van der Waals surface area contributed by atoms with E-state index >= 15 is 0 Å². The second-order valence-corrected chi connectivity index (χ2v) is 5.99. The molecule has 3 aromatic rings. The lowest BCUT2D eigenvalue weighted by Gasteiger charge is -2.17. The first-order valence-electron chi connectivity index (χ1n) is 6.58. The van der Waals surface area contributed by atoms with Crippen molar-refractivity contribution in [3.8, 4) is 0 Å². The van der Waals surface area contributed by atoms with Gasteiger partial charge in [-0.3, -0.25) is 0 Å². The van der Waals surface area contributed by atoms with E-state index < -0.39 is 6.10 Å². The summed E-state index contributed by atoms with van der Waals surface area (Å²) in [6, 6.07) is 16.2. The predicted octanol–water partition coefficient (Wildman–Crippen LogP) is 4.05. The van der Waals surface area contributed by atoms with Gasteiger partial charge in [0.2, 0.25) is 0 Å². The minimum Gasteiger partial charge on any atom is -0.384 e. The number of anilines is 1. The zero-order valence-corrected chi connectivity index (χ0v) is 12.4. The lowest BCUT2D eigenvalue weighted by molar-refractivity contribution is 0.222. The van der Waals surface area contributed by atoms with Gasteiger partial charge >= 0.3 is 0 Å². The summed E-state index contributed by atoms with van der Waals surface area (Å²) in [5.74, 6) is 0. The third kappa shape index (κ3) is 2.30. The maximum absolute atomic E-state index is 10.7. The summed E-state index contributed by atoms with van der Waals surface area (Å²) in [7, 11) is 4.01. The highest BCUT2D eigenvalue weighted by Crippen LogP contribution is 2.33. The van der Waals surface area contributed by atoms with Crippen LogP contribution in [-0.2, 0) is 0 Å². The molecule has 0 fully saturated rings. The molecule has 1 heterocycles. The minimum atomic E-state index is -0.586. The highest BCUT2D eigenvalue weighted by Gasteiger charge is 2.14. The van der Waals surface area contributed by atoms with Crippen molar-refractivity contribution in [1.29, 1.82) is 0 Å². The summed E-state index contributed by atoms with van der Waals surface area (Å²) in [5, 5.41) is 14.0. The van der Waals surface area contributed by atoms with Crippen molar-refractivity contribution in [2.24, 2.45) is 0 Å². The maximum Gasteiger partial charge on any atom is 0.106 e. The fraction of sp³-hybridized carbons (Fsp3) is 0.176. The Labute approximate surface area is 122 Å². The summed E-state index contributed by atoms with van der Waals surface area (Å²) >= 11 is 1.68. The first kappa shape index (κ1) is 13.2. The fourth-order valence-electron chi connectivity index (χ4n) is 2.38. The number of rotatable bonds is 3. The van der Waals surface area contributed by atoms with E-state index in [9.17, 15) is 5.11 Å². The number of nitrogens with zero attached hydrogens (tertiary/aromatic N) is 1. The molecule has 0 aliphatic heterocycles. The zero-order valence-electron chi connectivity index (χ0n) is 11.6. The van der Waals surface area contributed by atoms with Gasteiger partial charge < -0.3 is 10.0 Å². The number of hydrogen-bond acceptors (Lipinski definition) is 3. The molecule has 0 saturated heterocycles. The van der Waals surface area contributed by atoms with Crippen molar-refractivity contribution < 1.29 is 5.11 Å². The van der Waals surface area contributed by atoms with Crippen LogP contribution in [0.25, 0.3) is 10.1 Å². The molecule has 0 aliphatic rings. The predicted molar refractivity (Wildman–Crippen MR) is 86.7 cm³/mol. The number of hydrogen-bond donors (Lipinski definition) is 1. The lowest BCUT2D eigenvalue weighted by atomic mass is 10.00. The van der Waals surface area contributed by atoms with Gasteiger partial charge in [-0.1, -0.05) is 30.3 Å². The summed E-state index contributed by atoms with van der Waals surface area (Å²) in [5.41, 5.74) is 3.01. The van der Waals surface area contributed by atoms with E-state index in [4.69, 9.17) is 0 Å². The molecule has 102 valence electrons. The number of thiophene rings is 1. The van der Waals surface area contributed by atoms with E-state index in [1.807, 2.05) is 55.4 Å². The van der Waals surface area contributed by atoms with E-state index in [1.54, 1.807) is 11.3 Å². The summed E-state index contributed by atoms with van der Waals surface area (Å²) < 4.78 is 1.16. The van der Waals surface area contributed by atoms with Gasteiger partial charge in [-0.15, -0.1) is 11.3 Å². The maximum atomic E-state index is 10.7. The molecule has 0 aliphatic carbocycles. The fourth-order valence-corrected chi connectivity index (χ4v) is 3.32. The Morgan fingerprint density at radius 3 is 2.65 bits per heavy atom. The van der Waals surface area contributed by atoms with Crippen molar-refractivity contribution in [2.45, 2.75) is 6.10 Å². The van der Waals surface area contributed by atoms with Crippen LogP contribution in [0.5, 0.6) is 0 Å². The first-order valence-corrected chi connectivity index (χ1v) is 7.46. The van der Waals surface area contributed by atoms with Crippen LogP contribution < -0.4 is 4.90 Å². The van der Waals surface area contributed by atoms with Crippen LogP contribution in [0, 0.1) is 0 Å². The highest BCUT2D eigenvalue weighted by atomic mass is 32.1. The molecule has 1 atom stereocenters. The van der Waals surface area contributed by atoms with E-state index in [0.29, 0.717) is 0 Å². The molecule has 1 unspecified atom stereocenters.